The van der Waals surface area contributed by atoms with Crippen molar-refractivity contribution in [1.29, 1.82) is 0 Å². The van der Waals surface area contributed by atoms with E-state index in [1.54, 1.807) is 6.20 Å². The number of likely N-dealkylation sites (N-methyl/N-ethyl adjacent to an activating group) is 1. The van der Waals surface area contributed by atoms with Crippen LogP contribution in [0.4, 0.5) is 0 Å². The molecule has 1 fully saturated rings. The number of benzene rings is 1. The Balaban J connectivity index is 1.46. The van der Waals surface area contributed by atoms with E-state index in [0.717, 1.165) is 36.3 Å². The van der Waals surface area contributed by atoms with Gasteiger partial charge in [-0.25, -0.2) is 0 Å². The summed E-state index contributed by atoms with van der Waals surface area (Å²) in [4.78, 5) is 18.8. The summed E-state index contributed by atoms with van der Waals surface area (Å²) >= 11 is 0. The van der Waals surface area contributed by atoms with Crippen LogP contribution in [0.2, 0.25) is 0 Å². The minimum absolute atomic E-state index is 0.0504. The molecule has 0 N–H and O–H groups in total. The van der Waals surface area contributed by atoms with Crippen molar-refractivity contribution >= 4 is 5.91 Å². The molecule has 2 aliphatic heterocycles. The number of fused-ring (bicyclic) bond motifs is 1. The molecule has 1 amide bonds. The van der Waals surface area contributed by atoms with E-state index in [4.69, 9.17) is 9.47 Å². The monoisotopic (exact) mass is 338 g/mol. The summed E-state index contributed by atoms with van der Waals surface area (Å²) < 4.78 is 11.4. The maximum Gasteiger partial charge on any atom is 0.227 e. The topological polar surface area (TPSA) is 51.7 Å². The second kappa shape index (κ2) is 6.84. The van der Waals surface area contributed by atoms with Crippen molar-refractivity contribution in [2.24, 2.45) is 0 Å². The summed E-state index contributed by atoms with van der Waals surface area (Å²) in [6.07, 6.45) is 5.64. The SMILES string of the molecule is CN(C(=O)Cc1ccc2c(c1)CCO2)[C@H]1CCO[C@@H]1c1cccnc1. The molecule has 130 valence electrons. The average Bonchev–Trinajstić information content (AvgIpc) is 3.30. The number of carbonyl (C=O) groups is 1. The predicted octanol–water partition coefficient (Wildman–Crippen LogP) is 2.55. The average molecular weight is 338 g/mol. The van der Waals surface area contributed by atoms with Crippen LogP contribution < -0.4 is 4.74 Å². The zero-order valence-electron chi connectivity index (χ0n) is 14.4. The van der Waals surface area contributed by atoms with Gasteiger partial charge in [-0.1, -0.05) is 18.2 Å². The zero-order valence-corrected chi connectivity index (χ0v) is 14.4. The maximum absolute atomic E-state index is 12.8. The largest absolute Gasteiger partial charge is 0.493 e. The van der Waals surface area contributed by atoms with E-state index < -0.39 is 0 Å². The molecule has 0 saturated carbocycles. The second-order valence-corrected chi connectivity index (χ2v) is 6.66. The van der Waals surface area contributed by atoms with Crippen LogP contribution in [0.15, 0.2) is 42.7 Å². The smallest absolute Gasteiger partial charge is 0.227 e. The van der Waals surface area contributed by atoms with Crippen molar-refractivity contribution in [2.75, 3.05) is 20.3 Å². The lowest BCUT2D eigenvalue weighted by Gasteiger charge is -2.29. The van der Waals surface area contributed by atoms with Crippen molar-refractivity contribution < 1.29 is 14.3 Å². The van der Waals surface area contributed by atoms with E-state index in [2.05, 4.69) is 11.1 Å². The van der Waals surface area contributed by atoms with Crippen LogP contribution in [0.3, 0.4) is 0 Å². The Morgan fingerprint density at radius 2 is 2.24 bits per heavy atom. The normalized spacial score (nSPS) is 21.6. The third-order valence-electron chi connectivity index (χ3n) is 5.07. The standard InChI is InChI=1S/C20H22N2O3/c1-22(17-7-10-25-20(17)16-3-2-8-21-13-16)19(23)12-14-4-5-18-15(11-14)6-9-24-18/h2-5,8,11,13,17,20H,6-7,9-10,12H2,1H3/t17-,20+/m0/s1. The number of nitrogens with zero attached hydrogens (tertiary/aromatic N) is 2. The number of ether oxygens (including phenoxy) is 2. The highest BCUT2D eigenvalue weighted by molar-refractivity contribution is 5.79. The molecule has 1 aromatic carbocycles. The molecule has 0 radical (unpaired) electrons. The molecule has 0 unspecified atom stereocenters. The van der Waals surface area contributed by atoms with Gasteiger partial charge in [0.1, 0.15) is 11.9 Å². The fourth-order valence-electron chi connectivity index (χ4n) is 3.67. The molecular formula is C20H22N2O3. The minimum Gasteiger partial charge on any atom is -0.493 e. The molecule has 1 aromatic heterocycles. The van der Waals surface area contributed by atoms with Crippen LogP contribution >= 0.6 is 0 Å². The molecular weight excluding hydrogens is 316 g/mol. The zero-order chi connectivity index (χ0) is 17.2. The number of carbonyl (C=O) groups excluding carboxylic acids is 1. The van der Waals surface area contributed by atoms with Gasteiger partial charge in [-0.2, -0.15) is 0 Å². The molecule has 0 bridgehead atoms. The van der Waals surface area contributed by atoms with Gasteiger partial charge in [-0.3, -0.25) is 9.78 Å². The van der Waals surface area contributed by atoms with Gasteiger partial charge >= 0.3 is 0 Å². The first-order chi connectivity index (χ1) is 12.2. The summed E-state index contributed by atoms with van der Waals surface area (Å²) in [5.74, 6) is 1.06. The lowest BCUT2D eigenvalue weighted by molar-refractivity contribution is -0.132. The van der Waals surface area contributed by atoms with Crippen molar-refractivity contribution in [3.8, 4) is 5.75 Å². The first-order valence-electron chi connectivity index (χ1n) is 8.74. The van der Waals surface area contributed by atoms with Gasteiger partial charge in [0.15, 0.2) is 0 Å². The number of pyridine rings is 1. The number of rotatable bonds is 4. The van der Waals surface area contributed by atoms with Crippen molar-refractivity contribution in [2.45, 2.75) is 31.4 Å². The molecule has 1 saturated heterocycles. The van der Waals surface area contributed by atoms with Gasteiger partial charge in [0.25, 0.3) is 0 Å². The molecule has 2 atom stereocenters. The first-order valence-corrected chi connectivity index (χ1v) is 8.74. The number of amides is 1. The van der Waals surface area contributed by atoms with Gasteiger partial charge in [-0.15, -0.1) is 0 Å². The van der Waals surface area contributed by atoms with Crippen molar-refractivity contribution in [3.63, 3.8) is 0 Å². The van der Waals surface area contributed by atoms with E-state index >= 15 is 0 Å². The fraction of sp³-hybridized carbons (Fsp3) is 0.400. The highest BCUT2D eigenvalue weighted by atomic mass is 16.5. The molecule has 25 heavy (non-hydrogen) atoms. The Morgan fingerprint density at radius 1 is 1.32 bits per heavy atom. The van der Waals surface area contributed by atoms with E-state index in [9.17, 15) is 4.79 Å². The van der Waals surface area contributed by atoms with Gasteiger partial charge in [0.05, 0.1) is 19.1 Å². The minimum atomic E-state index is -0.101. The number of hydrogen-bond donors (Lipinski definition) is 0. The van der Waals surface area contributed by atoms with E-state index in [1.807, 2.05) is 42.4 Å². The molecule has 3 heterocycles. The molecule has 2 aromatic rings. The maximum atomic E-state index is 12.8. The number of aromatic nitrogens is 1. The summed E-state index contributed by atoms with van der Waals surface area (Å²) in [6.45, 7) is 1.40. The fourth-order valence-corrected chi connectivity index (χ4v) is 3.67. The Kier molecular flexibility index (Phi) is 4.40. The van der Waals surface area contributed by atoms with Crippen LogP contribution in [-0.2, 0) is 22.4 Å². The second-order valence-electron chi connectivity index (χ2n) is 6.66. The van der Waals surface area contributed by atoms with Crippen LogP contribution in [0.25, 0.3) is 0 Å². The summed E-state index contributed by atoms with van der Waals surface area (Å²) in [6, 6.07) is 10.0. The molecule has 0 aliphatic carbocycles. The van der Waals surface area contributed by atoms with E-state index in [1.165, 1.54) is 5.56 Å². The van der Waals surface area contributed by atoms with Crippen molar-refractivity contribution in [3.05, 3.63) is 59.4 Å². The summed E-state index contributed by atoms with van der Waals surface area (Å²) in [5, 5.41) is 0. The predicted molar refractivity (Wildman–Crippen MR) is 93.5 cm³/mol. The highest BCUT2D eigenvalue weighted by Crippen LogP contribution is 2.32. The van der Waals surface area contributed by atoms with Crippen molar-refractivity contribution in [1.82, 2.24) is 9.88 Å². The van der Waals surface area contributed by atoms with Crippen LogP contribution in [0, 0.1) is 0 Å². The Bertz CT molecular complexity index is 763. The lowest BCUT2D eigenvalue weighted by atomic mass is 10.0. The number of hydrogen-bond acceptors (Lipinski definition) is 4. The van der Waals surface area contributed by atoms with Crippen LogP contribution in [0.1, 0.15) is 29.2 Å². The molecule has 2 aliphatic rings. The third kappa shape index (κ3) is 3.24. The van der Waals surface area contributed by atoms with Gasteiger partial charge in [0.2, 0.25) is 5.91 Å². The Labute approximate surface area is 147 Å². The summed E-state index contributed by atoms with van der Waals surface area (Å²) in [5.41, 5.74) is 3.27. The van der Waals surface area contributed by atoms with Crippen LogP contribution in [-0.4, -0.2) is 42.1 Å². The van der Waals surface area contributed by atoms with Crippen LogP contribution in [0.5, 0.6) is 5.75 Å². The molecule has 5 heteroatoms. The molecule has 4 rings (SSSR count). The Hall–Kier alpha value is -2.40. The van der Waals surface area contributed by atoms with Gasteiger partial charge in [-0.05, 0) is 29.7 Å². The first kappa shape index (κ1) is 16.1. The highest BCUT2D eigenvalue weighted by Gasteiger charge is 2.34. The van der Waals surface area contributed by atoms with Gasteiger partial charge < -0.3 is 14.4 Å². The third-order valence-corrected chi connectivity index (χ3v) is 5.07. The van der Waals surface area contributed by atoms with E-state index in [-0.39, 0.29) is 18.1 Å². The molecule has 5 nitrogen and oxygen atoms in total. The van der Waals surface area contributed by atoms with Gasteiger partial charge in [0, 0.05) is 38.0 Å². The quantitative estimate of drug-likeness (QED) is 0.860. The molecule has 0 spiro atoms. The summed E-state index contributed by atoms with van der Waals surface area (Å²) in [7, 11) is 1.88. The Morgan fingerprint density at radius 3 is 3.08 bits per heavy atom. The lowest BCUT2D eigenvalue weighted by Crippen LogP contribution is -2.39. The van der Waals surface area contributed by atoms with E-state index in [0.29, 0.717) is 13.0 Å².